The molecule has 2 unspecified atom stereocenters. The SMILES string of the molecule is COC(C(=O)N1CCCC1c1nnc(SCc2ccccc2)n1C)c1ccccc1. The van der Waals surface area contributed by atoms with Crippen molar-refractivity contribution in [2.24, 2.45) is 7.05 Å². The molecule has 0 bridgehead atoms. The number of hydrogen-bond acceptors (Lipinski definition) is 5. The van der Waals surface area contributed by atoms with Gasteiger partial charge in [-0.15, -0.1) is 10.2 Å². The maximum atomic E-state index is 13.3. The van der Waals surface area contributed by atoms with Crippen LogP contribution in [0.15, 0.2) is 65.8 Å². The number of carbonyl (C=O) groups excluding carboxylic acids is 1. The summed E-state index contributed by atoms with van der Waals surface area (Å²) in [7, 11) is 3.57. The number of aromatic nitrogens is 3. The van der Waals surface area contributed by atoms with E-state index >= 15 is 0 Å². The van der Waals surface area contributed by atoms with Crippen LogP contribution in [-0.4, -0.2) is 39.2 Å². The fourth-order valence-corrected chi connectivity index (χ4v) is 4.79. The second kappa shape index (κ2) is 9.45. The largest absolute Gasteiger partial charge is 0.367 e. The predicted octanol–water partition coefficient (Wildman–Crippen LogP) is 4.16. The molecule has 7 heteroatoms. The Morgan fingerprint density at radius 2 is 1.83 bits per heavy atom. The minimum Gasteiger partial charge on any atom is -0.367 e. The van der Waals surface area contributed by atoms with Crippen molar-refractivity contribution in [1.82, 2.24) is 19.7 Å². The van der Waals surface area contributed by atoms with E-state index in [1.54, 1.807) is 18.9 Å². The number of carbonyl (C=O) groups is 1. The molecule has 1 aliphatic heterocycles. The van der Waals surface area contributed by atoms with Gasteiger partial charge in [0.05, 0.1) is 6.04 Å². The van der Waals surface area contributed by atoms with Crippen molar-refractivity contribution in [3.63, 3.8) is 0 Å². The highest BCUT2D eigenvalue weighted by atomic mass is 32.2. The summed E-state index contributed by atoms with van der Waals surface area (Å²) in [5, 5.41) is 9.72. The van der Waals surface area contributed by atoms with Crippen molar-refractivity contribution in [2.45, 2.75) is 35.9 Å². The van der Waals surface area contributed by atoms with Crippen molar-refractivity contribution in [1.29, 1.82) is 0 Å². The smallest absolute Gasteiger partial charge is 0.256 e. The molecule has 1 fully saturated rings. The van der Waals surface area contributed by atoms with Crippen LogP contribution in [0.5, 0.6) is 0 Å². The first-order chi connectivity index (χ1) is 14.7. The maximum absolute atomic E-state index is 13.3. The van der Waals surface area contributed by atoms with Crippen LogP contribution in [0.25, 0.3) is 0 Å². The van der Waals surface area contributed by atoms with Gasteiger partial charge in [0.15, 0.2) is 17.1 Å². The van der Waals surface area contributed by atoms with E-state index in [0.717, 1.165) is 35.1 Å². The van der Waals surface area contributed by atoms with Crippen molar-refractivity contribution >= 4 is 17.7 Å². The fourth-order valence-electron chi connectivity index (χ4n) is 3.92. The van der Waals surface area contributed by atoms with Gasteiger partial charge in [-0.25, -0.2) is 0 Å². The van der Waals surface area contributed by atoms with E-state index in [4.69, 9.17) is 4.74 Å². The first kappa shape index (κ1) is 20.6. The van der Waals surface area contributed by atoms with Crippen LogP contribution in [0, 0.1) is 0 Å². The lowest BCUT2D eigenvalue weighted by Crippen LogP contribution is -2.36. The Kier molecular flexibility index (Phi) is 6.50. The van der Waals surface area contributed by atoms with Gasteiger partial charge >= 0.3 is 0 Å². The standard InChI is InChI=1S/C23H26N4O2S/c1-26-21(24-25-23(26)30-16-17-10-5-3-6-11-17)19-14-9-15-27(19)22(28)20(29-2)18-12-7-4-8-13-18/h3-8,10-13,19-20H,9,14-16H2,1-2H3. The van der Waals surface area contributed by atoms with Gasteiger partial charge in [0, 0.05) is 26.5 Å². The van der Waals surface area contributed by atoms with Crippen molar-refractivity contribution < 1.29 is 9.53 Å². The van der Waals surface area contributed by atoms with Crippen molar-refractivity contribution in [3.05, 3.63) is 77.6 Å². The molecule has 0 radical (unpaired) electrons. The Hall–Kier alpha value is -2.64. The number of thioether (sulfide) groups is 1. The van der Waals surface area contributed by atoms with Gasteiger partial charge in [0.2, 0.25) is 0 Å². The van der Waals surface area contributed by atoms with Gasteiger partial charge in [0.1, 0.15) is 0 Å². The summed E-state index contributed by atoms with van der Waals surface area (Å²) in [6.45, 7) is 0.704. The van der Waals surface area contributed by atoms with E-state index in [2.05, 4.69) is 22.3 Å². The second-order valence-corrected chi connectivity index (χ2v) is 8.33. The average Bonchev–Trinajstić information content (AvgIpc) is 3.40. The molecule has 2 aromatic carbocycles. The number of amides is 1. The molecule has 6 nitrogen and oxygen atoms in total. The van der Waals surface area contributed by atoms with E-state index in [-0.39, 0.29) is 11.9 Å². The zero-order valence-corrected chi connectivity index (χ0v) is 18.1. The quantitative estimate of drug-likeness (QED) is 0.535. The van der Waals surface area contributed by atoms with Crippen LogP contribution in [0.2, 0.25) is 0 Å². The van der Waals surface area contributed by atoms with E-state index in [9.17, 15) is 4.79 Å². The van der Waals surface area contributed by atoms with E-state index in [1.165, 1.54) is 5.56 Å². The van der Waals surface area contributed by atoms with Gasteiger partial charge in [-0.2, -0.15) is 0 Å². The topological polar surface area (TPSA) is 60.2 Å². The Bertz CT molecular complexity index is 977. The van der Waals surface area contributed by atoms with Crippen molar-refractivity contribution in [2.75, 3.05) is 13.7 Å². The van der Waals surface area contributed by atoms with Gasteiger partial charge in [-0.3, -0.25) is 4.79 Å². The molecule has 1 saturated heterocycles. The highest BCUT2D eigenvalue weighted by molar-refractivity contribution is 7.98. The lowest BCUT2D eigenvalue weighted by molar-refractivity contribution is -0.143. The number of hydrogen-bond donors (Lipinski definition) is 0. The predicted molar refractivity (Wildman–Crippen MR) is 117 cm³/mol. The van der Waals surface area contributed by atoms with Crippen LogP contribution >= 0.6 is 11.8 Å². The lowest BCUT2D eigenvalue weighted by Gasteiger charge is -2.28. The molecule has 1 aromatic heterocycles. The first-order valence-corrected chi connectivity index (χ1v) is 11.1. The third-order valence-electron chi connectivity index (χ3n) is 5.48. The van der Waals surface area contributed by atoms with E-state index in [0.29, 0.717) is 6.54 Å². The molecule has 1 aliphatic rings. The molecule has 4 rings (SSSR count). The molecule has 0 aliphatic carbocycles. The second-order valence-electron chi connectivity index (χ2n) is 7.39. The third-order valence-corrected chi connectivity index (χ3v) is 6.57. The summed E-state index contributed by atoms with van der Waals surface area (Å²) in [6, 6.07) is 19.9. The Balaban J connectivity index is 1.51. The summed E-state index contributed by atoms with van der Waals surface area (Å²) < 4.78 is 7.60. The van der Waals surface area contributed by atoms with Crippen LogP contribution in [0.4, 0.5) is 0 Å². The number of benzene rings is 2. The zero-order valence-electron chi connectivity index (χ0n) is 17.3. The Morgan fingerprint density at radius 3 is 2.53 bits per heavy atom. The molecule has 30 heavy (non-hydrogen) atoms. The van der Waals surface area contributed by atoms with Crippen LogP contribution in [0.3, 0.4) is 0 Å². The number of likely N-dealkylation sites (tertiary alicyclic amines) is 1. The van der Waals surface area contributed by atoms with Gasteiger partial charge in [-0.05, 0) is 24.0 Å². The summed E-state index contributed by atoms with van der Waals surface area (Å²) in [6.07, 6.45) is 1.22. The normalized spacial score (nSPS) is 17.3. The molecule has 0 N–H and O–H groups in total. The van der Waals surface area contributed by atoms with E-state index < -0.39 is 6.10 Å². The first-order valence-electron chi connectivity index (χ1n) is 10.1. The van der Waals surface area contributed by atoms with Crippen molar-refractivity contribution in [3.8, 4) is 0 Å². The molecular weight excluding hydrogens is 396 g/mol. The summed E-state index contributed by atoms with van der Waals surface area (Å²) in [5.74, 6) is 1.65. The number of nitrogens with zero attached hydrogens (tertiary/aromatic N) is 4. The average molecular weight is 423 g/mol. The van der Waals surface area contributed by atoms with Crippen LogP contribution in [0.1, 0.15) is 41.9 Å². The third kappa shape index (κ3) is 4.27. The fraction of sp³-hybridized carbons (Fsp3) is 0.348. The molecule has 1 amide bonds. The number of methoxy groups -OCH3 is 1. The molecule has 0 spiro atoms. The molecule has 3 aromatic rings. The molecule has 2 atom stereocenters. The Morgan fingerprint density at radius 1 is 1.13 bits per heavy atom. The van der Waals surface area contributed by atoms with Crippen LogP contribution in [-0.2, 0) is 22.3 Å². The minimum absolute atomic E-state index is 0.0207. The zero-order chi connectivity index (χ0) is 20.9. The van der Waals surface area contributed by atoms with Gasteiger partial charge < -0.3 is 14.2 Å². The molecule has 2 heterocycles. The molecule has 0 saturated carbocycles. The Labute approximate surface area is 181 Å². The van der Waals surface area contributed by atoms with Crippen LogP contribution < -0.4 is 0 Å². The maximum Gasteiger partial charge on any atom is 0.256 e. The highest BCUT2D eigenvalue weighted by Gasteiger charge is 2.37. The number of ether oxygens (including phenoxy) is 1. The highest BCUT2D eigenvalue weighted by Crippen LogP contribution is 2.35. The van der Waals surface area contributed by atoms with Gasteiger partial charge in [-0.1, -0.05) is 72.4 Å². The van der Waals surface area contributed by atoms with Gasteiger partial charge in [0.25, 0.3) is 5.91 Å². The summed E-state index contributed by atoms with van der Waals surface area (Å²) in [4.78, 5) is 15.2. The summed E-state index contributed by atoms with van der Waals surface area (Å²) in [5.41, 5.74) is 2.11. The minimum atomic E-state index is -0.605. The molecular formula is C23H26N4O2S. The number of rotatable bonds is 7. The lowest BCUT2D eigenvalue weighted by atomic mass is 10.1. The van der Waals surface area contributed by atoms with E-state index in [1.807, 2.05) is 65.0 Å². The molecule has 156 valence electrons. The monoisotopic (exact) mass is 422 g/mol. The summed E-state index contributed by atoms with van der Waals surface area (Å²) >= 11 is 1.66.